The van der Waals surface area contributed by atoms with E-state index >= 15 is 0 Å². The number of aromatic nitrogens is 1. The van der Waals surface area contributed by atoms with Crippen LogP contribution in [0.15, 0.2) is 79.0 Å². The quantitative estimate of drug-likeness (QED) is 0.287. The number of alkyl carbamates (subject to hydrolysis) is 1. The summed E-state index contributed by atoms with van der Waals surface area (Å²) < 4.78 is 9.82. The van der Waals surface area contributed by atoms with Gasteiger partial charge in [0, 0.05) is 6.20 Å². The molecule has 182 valence electrons. The van der Waals surface area contributed by atoms with Crippen LogP contribution in [0.1, 0.15) is 18.0 Å². The number of carbonyl (C=O) groups excluding carboxylic acids is 3. The fourth-order valence-electron chi connectivity index (χ4n) is 3.28. The molecule has 2 aromatic carbocycles. The van der Waals surface area contributed by atoms with Crippen molar-refractivity contribution in [3.8, 4) is 11.1 Å². The van der Waals surface area contributed by atoms with Gasteiger partial charge in [-0.2, -0.15) is 0 Å². The van der Waals surface area contributed by atoms with Crippen molar-refractivity contribution in [2.24, 2.45) is 0 Å². The minimum absolute atomic E-state index is 0.0451. The summed E-state index contributed by atoms with van der Waals surface area (Å²) in [4.78, 5) is 40.3. The van der Waals surface area contributed by atoms with E-state index < -0.39 is 24.0 Å². The summed E-state index contributed by atoms with van der Waals surface area (Å²) >= 11 is 0. The second-order valence-corrected chi connectivity index (χ2v) is 7.52. The first-order valence-corrected chi connectivity index (χ1v) is 11.1. The number of anilines is 1. The van der Waals surface area contributed by atoms with Crippen LogP contribution in [-0.4, -0.2) is 49.8 Å². The molecule has 9 heteroatoms. The lowest BCUT2D eigenvalue weighted by Crippen LogP contribution is -2.39. The molecule has 0 fully saturated rings. The molecule has 3 N–H and O–H groups in total. The zero-order valence-corrected chi connectivity index (χ0v) is 19.4. The van der Waals surface area contributed by atoms with Crippen LogP contribution in [0.2, 0.25) is 0 Å². The van der Waals surface area contributed by atoms with Gasteiger partial charge >= 0.3 is 12.1 Å². The topological polar surface area (TPSA) is 119 Å². The number of nitrogens with zero attached hydrogens (tertiary/aromatic N) is 1. The molecule has 1 unspecified atom stereocenters. The lowest BCUT2D eigenvalue weighted by molar-refractivity contribution is -0.141. The van der Waals surface area contributed by atoms with E-state index in [0.717, 1.165) is 16.7 Å². The maximum Gasteiger partial charge on any atom is 0.407 e. The second-order valence-electron chi connectivity index (χ2n) is 7.52. The summed E-state index contributed by atoms with van der Waals surface area (Å²) in [5, 5.41) is 8.18. The van der Waals surface area contributed by atoms with Crippen molar-refractivity contribution in [1.82, 2.24) is 15.6 Å². The van der Waals surface area contributed by atoms with Gasteiger partial charge in [-0.3, -0.25) is 9.59 Å². The van der Waals surface area contributed by atoms with Crippen LogP contribution in [0.3, 0.4) is 0 Å². The monoisotopic (exact) mass is 476 g/mol. The largest absolute Gasteiger partial charge is 0.469 e. The van der Waals surface area contributed by atoms with Gasteiger partial charge in [0.15, 0.2) is 0 Å². The predicted octanol–water partition coefficient (Wildman–Crippen LogP) is 3.31. The van der Waals surface area contributed by atoms with E-state index in [1.165, 1.54) is 7.11 Å². The van der Waals surface area contributed by atoms with Crippen molar-refractivity contribution in [2.45, 2.75) is 12.5 Å². The van der Waals surface area contributed by atoms with Gasteiger partial charge in [0.25, 0.3) is 0 Å². The minimum atomic E-state index is -0.722. The number of esters is 1. The number of nitrogens with one attached hydrogen (secondary N) is 3. The average Bonchev–Trinajstić information content (AvgIpc) is 2.90. The number of carbonyl (C=O) groups is 3. The molecule has 0 saturated carbocycles. The Morgan fingerprint density at radius 1 is 0.914 bits per heavy atom. The fourth-order valence-corrected chi connectivity index (χ4v) is 3.28. The first kappa shape index (κ1) is 25.2. The van der Waals surface area contributed by atoms with Gasteiger partial charge in [-0.15, -0.1) is 0 Å². The van der Waals surface area contributed by atoms with Gasteiger partial charge < -0.3 is 25.4 Å². The van der Waals surface area contributed by atoms with Crippen molar-refractivity contribution in [1.29, 1.82) is 0 Å². The number of hydrogen-bond acceptors (Lipinski definition) is 7. The number of pyridine rings is 1. The molecule has 0 aliphatic rings. The number of hydrogen-bond donors (Lipinski definition) is 3. The highest BCUT2D eigenvalue weighted by molar-refractivity contribution is 5.83. The molecule has 1 heterocycles. The molecular formula is C26H28N4O5. The Kier molecular flexibility index (Phi) is 9.62. The molecule has 2 amide bonds. The van der Waals surface area contributed by atoms with Crippen LogP contribution in [-0.2, 0) is 19.1 Å². The predicted molar refractivity (Wildman–Crippen MR) is 131 cm³/mol. The summed E-state index contributed by atoms with van der Waals surface area (Å²) in [5.41, 5.74) is 2.82. The van der Waals surface area contributed by atoms with Gasteiger partial charge in [0.1, 0.15) is 19.0 Å². The number of amides is 2. The molecule has 35 heavy (non-hydrogen) atoms. The molecule has 1 atom stereocenters. The molecule has 0 aliphatic carbocycles. The van der Waals surface area contributed by atoms with E-state index in [9.17, 15) is 14.4 Å². The number of methoxy groups -OCH3 is 1. The Labute approximate surface area is 203 Å². The molecule has 0 spiro atoms. The van der Waals surface area contributed by atoms with Crippen molar-refractivity contribution >= 4 is 23.8 Å². The third kappa shape index (κ3) is 8.47. The number of benzene rings is 2. The fraction of sp³-hybridized carbons (Fsp3) is 0.231. The van der Waals surface area contributed by atoms with E-state index in [2.05, 4.69) is 20.9 Å². The summed E-state index contributed by atoms with van der Waals surface area (Å²) in [6, 6.07) is 22.3. The lowest BCUT2D eigenvalue weighted by Gasteiger charge is -2.19. The molecule has 0 radical (unpaired) electrons. The van der Waals surface area contributed by atoms with Gasteiger partial charge in [-0.05, 0) is 28.8 Å². The number of rotatable bonds is 11. The van der Waals surface area contributed by atoms with Gasteiger partial charge in [0.2, 0.25) is 5.91 Å². The van der Waals surface area contributed by atoms with Crippen molar-refractivity contribution < 1.29 is 23.9 Å². The van der Waals surface area contributed by atoms with Crippen LogP contribution in [0.25, 0.3) is 11.1 Å². The summed E-state index contributed by atoms with van der Waals surface area (Å²) in [7, 11) is 1.29. The molecule has 0 aliphatic heterocycles. The summed E-state index contributed by atoms with van der Waals surface area (Å²) in [6.45, 7) is 0.172. The Hall–Kier alpha value is -4.40. The van der Waals surface area contributed by atoms with Crippen LogP contribution in [0, 0.1) is 0 Å². The highest BCUT2D eigenvalue weighted by Gasteiger charge is 2.19. The number of ether oxygens (including phenoxy) is 2. The molecular weight excluding hydrogens is 448 g/mol. The average molecular weight is 477 g/mol. The lowest BCUT2D eigenvalue weighted by atomic mass is 9.99. The van der Waals surface area contributed by atoms with E-state index in [4.69, 9.17) is 9.47 Å². The summed E-state index contributed by atoms with van der Waals surface area (Å²) in [5.74, 6) is -0.255. The van der Waals surface area contributed by atoms with Gasteiger partial charge in [-0.25, -0.2) is 9.78 Å². The highest BCUT2D eigenvalue weighted by Crippen LogP contribution is 2.23. The SMILES string of the molecule is COC(=O)CC(NC(=O)CNC(=O)OCCNc1ccccn1)c1ccc(-c2ccccc2)cc1. The molecule has 0 saturated heterocycles. The summed E-state index contributed by atoms with van der Waals surface area (Å²) in [6.07, 6.45) is 0.885. The van der Waals surface area contributed by atoms with Crippen LogP contribution in [0.5, 0.6) is 0 Å². The Bertz CT molecular complexity index is 1090. The Morgan fingerprint density at radius 2 is 1.63 bits per heavy atom. The maximum absolute atomic E-state index is 12.5. The Morgan fingerprint density at radius 3 is 2.31 bits per heavy atom. The van der Waals surface area contributed by atoms with E-state index in [0.29, 0.717) is 12.4 Å². The van der Waals surface area contributed by atoms with Crippen LogP contribution < -0.4 is 16.0 Å². The standard InChI is InChI=1S/C26H28N4O5/c1-34-25(32)17-22(21-12-10-20(11-13-21)19-7-3-2-4-8-19)30-24(31)18-29-26(33)35-16-15-28-23-9-5-6-14-27-23/h2-14,22H,15-18H2,1H3,(H,27,28)(H,29,33)(H,30,31). The first-order chi connectivity index (χ1) is 17.0. The molecule has 3 aromatic rings. The molecule has 0 bridgehead atoms. The third-order valence-electron chi connectivity index (χ3n) is 5.05. The molecule has 1 aromatic heterocycles. The Balaban J connectivity index is 1.48. The first-order valence-electron chi connectivity index (χ1n) is 11.1. The molecule has 3 rings (SSSR count). The van der Waals surface area contributed by atoms with Crippen LogP contribution in [0.4, 0.5) is 10.6 Å². The van der Waals surface area contributed by atoms with E-state index in [1.807, 2.05) is 60.7 Å². The zero-order valence-electron chi connectivity index (χ0n) is 19.4. The maximum atomic E-state index is 12.5. The molecule has 9 nitrogen and oxygen atoms in total. The van der Waals surface area contributed by atoms with E-state index in [-0.39, 0.29) is 19.6 Å². The smallest absolute Gasteiger partial charge is 0.407 e. The van der Waals surface area contributed by atoms with Crippen LogP contribution >= 0.6 is 0 Å². The van der Waals surface area contributed by atoms with Gasteiger partial charge in [-0.1, -0.05) is 60.7 Å². The zero-order chi connectivity index (χ0) is 24.9. The third-order valence-corrected chi connectivity index (χ3v) is 5.05. The van der Waals surface area contributed by atoms with Gasteiger partial charge in [0.05, 0.1) is 26.1 Å². The minimum Gasteiger partial charge on any atom is -0.469 e. The van der Waals surface area contributed by atoms with E-state index in [1.54, 1.807) is 18.3 Å². The van der Waals surface area contributed by atoms with Crippen molar-refractivity contribution in [3.63, 3.8) is 0 Å². The second kappa shape index (κ2) is 13.3. The normalized spacial score (nSPS) is 11.1. The van der Waals surface area contributed by atoms with Crippen molar-refractivity contribution in [3.05, 3.63) is 84.6 Å². The van der Waals surface area contributed by atoms with Crippen molar-refractivity contribution in [2.75, 3.05) is 32.1 Å². The highest BCUT2D eigenvalue weighted by atomic mass is 16.5.